The molecular weight excluding hydrogens is 596 g/mol. The van der Waals surface area contributed by atoms with E-state index in [2.05, 4.69) is 16.0 Å². The Morgan fingerprint density at radius 3 is 1.96 bits per heavy atom. The Morgan fingerprint density at radius 1 is 0.630 bits per heavy atom. The molecule has 46 heavy (non-hydrogen) atoms. The van der Waals surface area contributed by atoms with E-state index in [1.54, 1.807) is 72.8 Å². The first kappa shape index (κ1) is 31.5. The van der Waals surface area contributed by atoms with Crippen LogP contribution in [0.1, 0.15) is 26.3 Å². The maximum absolute atomic E-state index is 13.5. The van der Waals surface area contributed by atoms with Crippen LogP contribution in [0, 0.1) is 0 Å². The van der Waals surface area contributed by atoms with Gasteiger partial charge in [-0.3, -0.25) is 19.2 Å². The van der Waals surface area contributed by atoms with Gasteiger partial charge in [0.25, 0.3) is 11.8 Å². The maximum atomic E-state index is 13.5. The highest BCUT2D eigenvalue weighted by molar-refractivity contribution is 8.00. The molecule has 0 aliphatic rings. The molecule has 4 amide bonds. The van der Waals surface area contributed by atoms with Gasteiger partial charge in [0.15, 0.2) is 0 Å². The van der Waals surface area contributed by atoms with Crippen LogP contribution in [-0.4, -0.2) is 29.4 Å². The molecule has 9 heteroatoms. The summed E-state index contributed by atoms with van der Waals surface area (Å²) in [7, 11) is 0. The van der Waals surface area contributed by atoms with E-state index in [-0.39, 0.29) is 17.4 Å². The minimum absolute atomic E-state index is 0.0705. The molecule has 0 heterocycles. The van der Waals surface area contributed by atoms with Crippen molar-refractivity contribution in [2.24, 2.45) is 5.73 Å². The predicted molar refractivity (Wildman–Crippen MR) is 183 cm³/mol. The fraction of sp³-hybridized carbons (Fsp3) is 0.0270. The summed E-state index contributed by atoms with van der Waals surface area (Å²) >= 11 is 1.29. The standard InChI is InChI=1S/C37H30N4O4S/c38-35(43)28-18-20-30(21-19-28)39-34(42)24-46-32-13-7-12-31(23-32)40-37(45)33(41-36(44)29-10-5-2-6-11-29)22-25-14-16-27(17-15-25)26-8-3-1-4-9-26/h1-23H,24H2,(H2,38,43)(H,39,42)(H,40,45)(H,41,44)/b33-22+. The second kappa shape index (κ2) is 15.2. The molecule has 5 N–H and O–H groups in total. The largest absolute Gasteiger partial charge is 0.366 e. The molecule has 0 atom stereocenters. The molecule has 0 fully saturated rings. The van der Waals surface area contributed by atoms with Crippen molar-refractivity contribution in [2.75, 3.05) is 16.4 Å². The second-order valence-electron chi connectivity index (χ2n) is 10.1. The fourth-order valence-electron chi connectivity index (χ4n) is 4.44. The second-order valence-corrected chi connectivity index (χ2v) is 11.2. The summed E-state index contributed by atoms with van der Waals surface area (Å²) in [6, 6.07) is 39.7. The maximum Gasteiger partial charge on any atom is 0.272 e. The summed E-state index contributed by atoms with van der Waals surface area (Å²) in [5.41, 5.74) is 9.98. The van der Waals surface area contributed by atoms with E-state index in [0.717, 1.165) is 21.6 Å². The number of rotatable bonds is 11. The first-order chi connectivity index (χ1) is 22.3. The minimum Gasteiger partial charge on any atom is -0.366 e. The first-order valence-electron chi connectivity index (χ1n) is 14.3. The molecule has 0 radical (unpaired) electrons. The molecule has 8 nitrogen and oxygen atoms in total. The third kappa shape index (κ3) is 8.81. The van der Waals surface area contributed by atoms with Crippen molar-refractivity contribution in [3.05, 3.63) is 156 Å². The Balaban J connectivity index is 1.27. The van der Waals surface area contributed by atoms with Gasteiger partial charge >= 0.3 is 0 Å². The Kier molecular flexibility index (Phi) is 10.4. The van der Waals surface area contributed by atoms with Gasteiger partial charge in [-0.1, -0.05) is 78.9 Å². The number of carbonyl (C=O) groups is 4. The van der Waals surface area contributed by atoms with Crippen LogP contribution in [0.25, 0.3) is 17.2 Å². The lowest BCUT2D eigenvalue weighted by atomic mass is 10.0. The van der Waals surface area contributed by atoms with Crippen LogP contribution >= 0.6 is 11.8 Å². The molecule has 5 rings (SSSR count). The SMILES string of the molecule is NC(=O)c1ccc(NC(=O)CSc2cccc(NC(=O)/C(=C\c3ccc(-c4ccccc4)cc3)NC(=O)c3ccccc3)c2)cc1. The third-order valence-corrected chi connectivity index (χ3v) is 7.77. The van der Waals surface area contributed by atoms with E-state index in [4.69, 9.17) is 5.73 Å². The normalized spacial score (nSPS) is 10.9. The molecular formula is C37H30N4O4S. The van der Waals surface area contributed by atoms with Gasteiger partial charge in [-0.25, -0.2) is 0 Å². The van der Waals surface area contributed by atoms with Gasteiger partial charge in [0, 0.05) is 27.4 Å². The van der Waals surface area contributed by atoms with Crippen molar-refractivity contribution in [3.63, 3.8) is 0 Å². The first-order valence-corrected chi connectivity index (χ1v) is 15.3. The van der Waals surface area contributed by atoms with Gasteiger partial charge in [0.1, 0.15) is 5.70 Å². The third-order valence-electron chi connectivity index (χ3n) is 6.77. The van der Waals surface area contributed by atoms with E-state index < -0.39 is 17.7 Å². The average molecular weight is 627 g/mol. The van der Waals surface area contributed by atoms with Crippen LogP contribution < -0.4 is 21.7 Å². The molecule has 5 aromatic rings. The van der Waals surface area contributed by atoms with Crippen LogP contribution in [0.4, 0.5) is 11.4 Å². The average Bonchev–Trinajstić information content (AvgIpc) is 3.08. The minimum atomic E-state index is -0.543. The van der Waals surface area contributed by atoms with Crippen molar-refractivity contribution in [3.8, 4) is 11.1 Å². The summed E-state index contributed by atoms with van der Waals surface area (Å²) in [6.07, 6.45) is 1.63. The zero-order valence-corrected chi connectivity index (χ0v) is 25.4. The molecule has 0 bridgehead atoms. The van der Waals surface area contributed by atoms with E-state index in [1.807, 2.05) is 66.7 Å². The molecule has 0 aliphatic heterocycles. The number of nitrogens with one attached hydrogen (secondary N) is 3. The van der Waals surface area contributed by atoms with Gasteiger partial charge in [-0.15, -0.1) is 11.8 Å². The lowest BCUT2D eigenvalue weighted by molar-refractivity contribution is -0.114. The fourth-order valence-corrected chi connectivity index (χ4v) is 5.19. The Bertz CT molecular complexity index is 1880. The smallest absolute Gasteiger partial charge is 0.272 e. The summed E-state index contributed by atoms with van der Waals surface area (Å²) in [4.78, 5) is 51.1. The number of benzene rings is 5. The van der Waals surface area contributed by atoms with E-state index in [9.17, 15) is 19.2 Å². The summed E-state index contributed by atoms with van der Waals surface area (Å²) in [6.45, 7) is 0. The molecule has 228 valence electrons. The number of primary amides is 1. The van der Waals surface area contributed by atoms with Gasteiger partial charge in [0.05, 0.1) is 5.75 Å². The number of nitrogens with two attached hydrogens (primary N) is 1. The number of carbonyl (C=O) groups excluding carboxylic acids is 4. The number of thioether (sulfide) groups is 1. The van der Waals surface area contributed by atoms with Gasteiger partial charge in [-0.05, 0) is 77.4 Å². The zero-order chi connectivity index (χ0) is 32.3. The van der Waals surface area contributed by atoms with Crippen LogP contribution in [0.5, 0.6) is 0 Å². The lowest BCUT2D eigenvalue weighted by Crippen LogP contribution is -2.30. The quantitative estimate of drug-likeness (QED) is 0.0971. The highest BCUT2D eigenvalue weighted by Crippen LogP contribution is 2.23. The van der Waals surface area contributed by atoms with E-state index >= 15 is 0 Å². The van der Waals surface area contributed by atoms with Gasteiger partial charge in [0.2, 0.25) is 11.8 Å². The van der Waals surface area contributed by atoms with Crippen molar-refractivity contribution in [2.45, 2.75) is 4.90 Å². The Labute approximate surface area is 270 Å². The van der Waals surface area contributed by atoms with Gasteiger partial charge < -0.3 is 21.7 Å². The highest BCUT2D eigenvalue weighted by atomic mass is 32.2. The zero-order valence-electron chi connectivity index (χ0n) is 24.6. The van der Waals surface area contributed by atoms with E-state index in [1.165, 1.54) is 11.8 Å². The van der Waals surface area contributed by atoms with Gasteiger partial charge in [-0.2, -0.15) is 0 Å². The molecule has 0 unspecified atom stereocenters. The molecule has 0 aromatic heterocycles. The molecule has 0 spiro atoms. The topological polar surface area (TPSA) is 130 Å². The van der Waals surface area contributed by atoms with Crippen LogP contribution in [0.15, 0.2) is 144 Å². The van der Waals surface area contributed by atoms with Crippen LogP contribution in [0.3, 0.4) is 0 Å². The van der Waals surface area contributed by atoms with Crippen molar-refractivity contribution in [1.29, 1.82) is 0 Å². The molecule has 0 aliphatic carbocycles. The summed E-state index contributed by atoms with van der Waals surface area (Å²) in [5.74, 6) is -1.58. The van der Waals surface area contributed by atoms with Crippen molar-refractivity contribution >= 4 is 52.8 Å². The predicted octanol–water partition coefficient (Wildman–Crippen LogP) is 6.59. The highest BCUT2D eigenvalue weighted by Gasteiger charge is 2.16. The summed E-state index contributed by atoms with van der Waals surface area (Å²) in [5, 5.41) is 8.41. The molecule has 0 saturated carbocycles. The monoisotopic (exact) mass is 626 g/mol. The van der Waals surface area contributed by atoms with E-state index in [0.29, 0.717) is 22.5 Å². The molecule has 0 saturated heterocycles. The Morgan fingerprint density at radius 2 is 1.28 bits per heavy atom. The lowest BCUT2D eigenvalue weighted by Gasteiger charge is -2.12. The summed E-state index contributed by atoms with van der Waals surface area (Å²) < 4.78 is 0. The number of anilines is 2. The van der Waals surface area contributed by atoms with Crippen molar-refractivity contribution in [1.82, 2.24) is 5.32 Å². The molecule has 5 aromatic carbocycles. The van der Waals surface area contributed by atoms with Crippen molar-refractivity contribution < 1.29 is 19.2 Å². The Hall–Kier alpha value is -5.93. The van der Waals surface area contributed by atoms with Crippen LogP contribution in [-0.2, 0) is 9.59 Å². The number of hydrogen-bond acceptors (Lipinski definition) is 5. The van der Waals surface area contributed by atoms with Crippen LogP contribution in [0.2, 0.25) is 0 Å². The number of amides is 4. The number of hydrogen-bond donors (Lipinski definition) is 4.